The van der Waals surface area contributed by atoms with Crippen molar-refractivity contribution >= 4 is 49.0 Å². The van der Waals surface area contributed by atoms with Crippen molar-refractivity contribution in [3.63, 3.8) is 0 Å². The van der Waals surface area contributed by atoms with E-state index in [0.29, 0.717) is 11.3 Å². The van der Waals surface area contributed by atoms with E-state index in [4.69, 9.17) is 6.57 Å². The van der Waals surface area contributed by atoms with E-state index < -0.39 is 0 Å². The van der Waals surface area contributed by atoms with Crippen molar-refractivity contribution in [3.05, 3.63) is 181 Å². The smallest absolute Gasteiger partial charge is 0.189 e. The van der Waals surface area contributed by atoms with E-state index in [1.165, 1.54) is 16.3 Å². The van der Waals surface area contributed by atoms with Gasteiger partial charge in [-0.15, -0.1) is 0 Å². The lowest BCUT2D eigenvalue weighted by Crippen LogP contribution is -1.96. The van der Waals surface area contributed by atoms with Gasteiger partial charge in [-0.3, -0.25) is 0 Å². The molecule has 0 saturated carbocycles. The summed E-state index contributed by atoms with van der Waals surface area (Å²) in [6, 6.07) is 59.1. The van der Waals surface area contributed by atoms with E-state index in [1.54, 1.807) is 6.07 Å². The molecule has 9 rings (SSSR count). The van der Waals surface area contributed by atoms with Crippen LogP contribution in [0.25, 0.3) is 87.3 Å². The molecular weight excluding hydrogens is 595 g/mol. The van der Waals surface area contributed by atoms with Gasteiger partial charge in [-0.05, 0) is 85.8 Å². The highest BCUT2D eigenvalue weighted by molar-refractivity contribution is 6.22. The first-order valence-electron chi connectivity index (χ1n) is 16.3. The summed E-state index contributed by atoms with van der Waals surface area (Å²) in [5.74, 6) is 0. The average molecular weight is 622 g/mol. The minimum absolute atomic E-state index is 0.442. The SMILES string of the molecule is [C-]#[N+]c1cc(C#N)c(-c2ccc(-n3c4ccccc4c4ccccc43)cc2)c(-c2c3ccccc3c(-c3ccccc3)c3ccccc23)c1. The Morgan fingerprint density at radius 2 is 0.939 bits per heavy atom. The van der Waals surface area contributed by atoms with Gasteiger partial charge in [0.05, 0.1) is 29.2 Å². The molecule has 3 heteroatoms. The Hall–Kier alpha value is -6.94. The third-order valence-corrected chi connectivity index (χ3v) is 9.63. The molecule has 0 amide bonds. The van der Waals surface area contributed by atoms with E-state index in [9.17, 15) is 5.26 Å². The van der Waals surface area contributed by atoms with Gasteiger partial charge in [0.2, 0.25) is 0 Å². The highest BCUT2D eigenvalue weighted by atomic mass is 15.0. The van der Waals surface area contributed by atoms with Crippen molar-refractivity contribution in [1.82, 2.24) is 4.57 Å². The Morgan fingerprint density at radius 1 is 0.469 bits per heavy atom. The molecule has 1 heterocycles. The summed E-state index contributed by atoms with van der Waals surface area (Å²) in [7, 11) is 0. The fraction of sp³-hybridized carbons (Fsp3) is 0. The fourth-order valence-electron chi connectivity index (χ4n) is 7.60. The number of nitriles is 1. The Morgan fingerprint density at radius 3 is 1.47 bits per heavy atom. The summed E-state index contributed by atoms with van der Waals surface area (Å²) >= 11 is 0. The van der Waals surface area contributed by atoms with Gasteiger partial charge in [0, 0.05) is 22.0 Å². The standard InChI is InChI=1S/C46H27N3/c1-48-33-27-32(29-47)44(31-23-25-34(26-24-31)49-42-21-11-9-15-35(42)36-16-10-12-22-43(36)49)41(28-33)46-39-19-7-5-17-37(39)45(30-13-3-2-4-14-30)38-18-6-8-20-40(38)46/h2-28H. The number of para-hydroxylation sites is 2. The van der Waals surface area contributed by atoms with Gasteiger partial charge in [0.1, 0.15) is 0 Å². The van der Waals surface area contributed by atoms with Gasteiger partial charge >= 0.3 is 0 Å². The van der Waals surface area contributed by atoms with Gasteiger partial charge in [0.25, 0.3) is 0 Å². The number of hydrogen-bond donors (Lipinski definition) is 0. The highest BCUT2D eigenvalue weighted by Gasteiger charge is 2.22. The second-order valence-electron chi connectivity index (χ2n) is 12.3. The van der Waals surface area contributed by atoms with Crippen molar-refractivity contribution in [3.8, 4) is 45.1 Å². The monoisotopic (exact) mass is 621 g/mol. The molecule has 8 aromatic carbocycles. The zero-order chi connectivity index (χ0) is 32.9. The number of aromatic nitrogens is 1. The summed E-state index contributed by atoms with van der Waals surface area (Å²) in [5, 5.41) is 17.4. The molecule has 0 N–H and O–H groups in total. The molecule has 0 aliphatic heterocycles. The number of fused-ring (bicyclic) bond motifs is 5. The molecule has 0 bridgehead atoms. The zero-order valence-corrected chi connectivity index (χ0v) is 26.4. The maximum Gasteiger partial charge on any atom is 0.189 e. The molecule has 0 unspecified atom stereocenters. The fourth-order valence-corrected chi connectivity index (χ4v) is 7.60. The maximum atomic E-state index is 10.6. The molecule has 1 aromatic heterocycles. The van der Waals surface area contributed by atoms with Crippen molar-refractivity contribution in [2.45, 2.75) is 0 Å². The van der Waals surface area contributed by atoms with Crippen LogP contribution in [0.2, 0.25) is 0 Å². The largest absolute Gasteiger partial charge is 0.309 e. The maximum absolute atomic E-state index is 10.6. The lowest BCUT2D eigenvalue weighted by molar-refractivity contribution is 1.18. The number of benzene rings is 8. The molecule has 0 spiro atoms. The summed E-state index contributed by atoms with van der Waals surface area (Å²) in [4.78, 5) is 3.83. The van der Waals surface area contributed by atoms with Gasteiger partial charge in [-0.25, -0.2) is 4.85 Å². The van der Waals surface area contributed by atoms with Crippen molar-refractivity contribution in [2.24, 2.45) is 0 Å². The van der Waals surface area contributed by atoms with Crippen molar-refractivity contribution < 1.29 is 0 Å². The van der Waals surface area contributed by atoms with E-state index in [-0.39, 0.29) is 0 Å². The number of hydrogen-bond acceptors (Lipinski definition) is 1. The van der Waals surface area contributed by atoms with Crippen LogP contribution in [0.5, 0.6) is 0 Å². The third-order valence-electron chi connectivity index (χ3n) is 9.63. The van der Waals surface area contributed by atoms with E-state index in [2.05, 4.69) is 161 Å². The van der Waals surface area contributed by atoms with Crippen LogP contribution in [0.4, 0.5) is 5.69 Å². The topological polar surface area (TPSA) is 33.1 Å². The summed E-state index contributed by atoms with van der Waals surface area (Å²) in [5.41, 5.74) is 10.2. The van der Waals surface area contributed by atoms with Gasteiger partial charge in [0.15, 0.2) is 5.69 Å². The molecule has 0 aliphatic rings. The first-order chi connectivity index (χ1) is 24.2. The molecule has 0 atom stereocenters. The van der Waals surface area contributed by atoms with Crippen LogP contribution in [0.1, 0.15) is 5.56 Å². The molecule has 0 saturated heterocycles. The molecule has 226 valence electrons. The van der Waals surface area contributed by atoms with Crippen LogP contribution >= 0.6 is 0 Å². The first-order valence-corrected chi connectivity index (χ1v) is 16.3. The Kier molecular flexibility index (Phi) is 6.58. The quantitative estimate of drug-likeness (QED) is 0.142. The molecular formula is C46H27N3. The Bertz CT molecular complexity index is 2720. The molecule has 0 fully saturated rings. The van der Waals surface area contributed by atoms with Crippen molar-refractivity contribution in [1.29, 1.82) is 5.26 Å². The van der Waals surface area contributed by atoms with E-state index >= 15 is 0 Å². The number of rotatable bonds is 4. The van der Waals surface area contributed by atoms with E-state index in [0.717, 1.165) is 66.1 Å². The van der Waals surface area contributed by atoms with Crippen LogP contribution in [0, 0.1) is 17.9 Å². The molecule has 9 aromatic rings. The zero-order valence-electron chi connectivity index (χ0n) is 26.4. The third kappa shape index (κ3) is 4.42. The highest BCUT2D eigenvalue weighted by Crippen LogP contribution is 2.48. The minimum Gasteiger partial charge on any atom is -0.309 e. The van der Waals surface area contributed by atoms with Crippen LogP contribution in [-0.4, -0.2) is 4.57 Å². The predicted octanol–water partition coefficient (Wildman–Crippen LogP) is 12.5. The average Bonchev–Trinajstić information content (AvgIpc) is 3.51. The van der Waals surface area contributed by atoms with E-state index in [1.807, 2.05) is 12.1 Å². The summed E-state index contributed by atoms with van der Waals surface area (Å²) in [6.07, 6.45) is 0. The van der Waals surface area contributed by atoms with Gasteiger partial charge < -0.3 is 4.57 Å². The van der Waals surface area contributed by atoms with Gasteiger partial charge in [-0.1, -0.05) is 127 Å². The first kappa shape index (κ1) is 28.3. The lowest BCUT2D eigenvalue weighted by atomic mass is 9.82. The molecule has 49 heavy (non-hydrogen) atoms. The summed E-state index contributed by atoms with van der Waals surface area (Å²) < 4.78 is 2.30. The summed E-state index contributed by atoms with van der Waals surface area (Å²) in [6.45, 7) is 7.97. The van der Waals surface area contributed by atoms with Gasteiger partial charge in [-0.2, -0.15) is 5.26 Å². The second-order valence-corrected chi connectivity index (χ2v) is 12.3. The second kappa shape index (κ2) is 11.4. The van der Waals surface area contributed by atoms with Crippen LogP contribution in [0.3, 0.4) is 0 Å². The van der Waals surface area contributed by atoms with Crippen LogP contribution < -0.4 is 0 Å². The molecule has 0 radical (unpaired) electrons. The normalized spacial score (nSPS) is 11.2. The van der Waals surface area contributed by atoms with Crippen molar-refractivity contribution in [2.75, 3.05) is 0 Å². The molecule has 0 aliphatic carbocycles. The van der Waals surface area contributed by atoms with Crippen LogP contribution in [0.15, 0.2) is 164 Å². The lowest BCUT2D eigenvalue weighted by Gasteiger charge is -2.21. The van der Waals surface area contributed by atoms with Crippen LogP contribution in [-0.2, 0) is 0 Å². The number of nitrogens with zero attached hydrogens (tertiary/aromatic N) is 3. The minimum atomic E-state index is 0.442. The predicted molar refractivity (Wildman–Crippen MR) is 203 cm³/mol. The Balaban J connectivity index is 1.33. The Labute approximate surface area is 284 Å². The molecule has 3 nitrogen and oxygen atoms in total.